The van der Waals surface area contributed by atoms with Crippen LogP contribution in [0.5, 0.6) is 0 Å². The van der Waals surface area contributed by atoms with Crippen LogP contribution in [-0.4, -0.2) is 11.1 Å². The van der Waals surface area contributed by atoms with E-state index >= 15 is 0 Å². The highest BCUT2D eigenvalue weighted by atomic mass is 16.4. The second-order valence-corrected chi connectivity index (χ2v) is 5.95. The fraction of sp³-hybridized carbons (Fsp3) is 0.786. The molecule has 3 aliphatic carbocycles. The number of hydrogen-bond donors (Lipinski definition) is 1. The second kappa shape index (κ2) is 3.61. The molecule has 2 saturated carbocycles. The Morgan fingerprint density at radius 2 is 2.31 bits per heavy atom. The van der Waals surface area contributed by atoms with Crippen molar-refractivity contribution in [3.8, 4) is 0 Å². The van der Waals surface area contributed by atoms with Crippen LogP contribution in [0.4, 0.5) is 0 Å². The summed E-state index contributed by atoms with van der Waals surface area (Å²) < 4.78 is 0. The molecule has 5 atom stereocenters. The SMILES string of the molecule is CC(CC1C=C2CC1C1CCCC21)C(=O)O. The summed E-state index contributed by atoms with van der Waals surface area (Å²) in [5.41, 5.74) is 1.68. The summed E-state index contributed by atoms with van der Waals surface area (Å²) in [6, 6.07) is 0. The monoisotopic (exact) mass is 220 g/mol. The molecule has 0 aliphatic heterocycles. The van der Waals surface area contributed by atoms with Gasteiger partial charge in [-0.1, -0.05) is 25.0 Å². The Kier molecular flexibility index (Phi) is 2.34. The quantitative estimate of drug-likeness (QED) is 0.742. The summed E-state index contributed by atoms with van der Waals surface area (Å²) in [7, 11) is 0. The Morgan fingerprint density at radius 3 is 3.06 bits per heavy atom. The average molecular weight is 220 g/mol. The van der Waals surface area contributed by atoms with Crippen molar-refractivity contribution in [2.24, 2.45) is 29.6 Å². The van der Waals surface area contributed by atoms with Crippen LogP contribution in [-0.2, 0) is 4.79 Å². The number of hydrogen-bond acceptors (Lipinski definition) is 1. The lowest BCUT2D eigenvalue weighted by Crippen LogP contribution is -2.23. The summed E-state index contributed by atoms with van der Waals surface area (Å²) in [5, 5.41) is 8.98. The van der Waals surface area contributed by atoms with Gasteiger partial charge in [0.25, 0.3) is 0 Å². The molecule has 0 aromatic carbocycles. The summed E-state index contributed by atoms with van der Waals surface area (Å²) in [5.74, 6) is 2.35. The molecule has 5 unspecified atom stereocenters. The fourth-order valence-corrected chi connectivity index (χ4v) is 4.35. The van der Waals surface area contributed by atoms with E-state index in [1.165, 1.54) is 25.7 Å². The van der Waals surface area contributed by atoms with Crippen LogP contribution < -0.4 is 0 Å². The van der Waals surface area contributed by atoms with Crippen molar-refractivity contribution in [3.63, 3.8) is 0 Å². The van der Waals surface area contributed by atoms with Gasteiger partial charge in [0, 0.05) is 0 Å². The topological polar surface area (TPSA) is 37.3 Å². The molecule has 88 valence electrons. The number of allylic oxidation sites excluding steroid dienone is 2. The molecule has 3 rings (SSSR count). The maximum absolute atomic E-state index is 10.9. The summed E-state index contributed by atoms with van der Waals surface area (Å²) in [6.45, 7) is 1.85. The van der Waals surface area contributed by atoms with Gasteiger partial charge in [0.1, 0.15) is 0 Å². The lowest BCUT2D eigenvalue weighted by molar-refractivity contribution is -0.141. The van der Waals surface area contributed by atoms with E-state index in [1.54, 1.807) is 5.57 Å². The van der Waals surface area contributed by atoms with Gasteiger partial charge in [-0.2, -0.15) is 0 Å². The molecular formula is C14H20O2. The average Bonchev–Trinajstić information content (AvgIpc) is 2.87. The molecule has 0 aromatic heterocycles. The van der Waals surface area contributed by atoms with E-state index in [2.05, 4.69) is 6.08 Å². The zero-order valence-electron chi connectivity index (χ0n) is 9.86. The molecular weight excluding hydrogens is 200 g/mol. The van der Waals surface area contributed by atoms with Crippen molar-refractivity contribution in [1.29, 1.82) is 0 Å². The van der Waals surface area contributed by atoms with E-state index in [1.807, 2.05) is 6.92 Å². The van der Waals surface area contributed by atoms with E-state index in [9.17, 15) is 4.79 Å². The predicted molar refractivity (Wildman–Crippen MR) is 61.9 cm³/mol. The first-order chi connectivity index (χ1) is 7.66. The second-order valence-electron chi connectivity index (χ2n) is 5.95. The maximum atomic E-state index is 10.9. The summed E-state index contributed by atoms with van der Waals surface area (Å²) in [6.07, 6.45) is 8.75. The number of aliphatic carboxylic acids is 1. The van der Waals surface area contributed by atoms with Crippen molar-refractivity contribution in [2.75, 3.05) is 0 Å². The molecule has 0 heterocycles. The lowest BCUT2D eigenvalue weighted by atomic mass is 9.76. The molecule has 1 N–H and O–H groups in total. The molecule has 0 aromatic rings. The molecule has 16 heavy (non-hydrogen) atoms. The normalized spacial score (nSPS) is 41.9. The van der Waals surface area contributed by atoms with Crippen LogP contribution in [0, 0.1) is 29.6 Å². The minimum absolute atomic E-state index is 0.180. The van der Waals surface area contributed by atoms with E-state index in [4.69, 9.17) is 5.11 Å². The molecule has 2 bridgehead atoms. The first-order valence-electron chi connectivity index (χ1n) is 6.60. The van der Waals surface area contributed by atoms with Crippen molar-refractivity contribution in [3.05, 3.63) is 11.6 Å². The standard InChI is InChI=1S/C14H20O2/c1-8(14(15)16)5-9-6-10-7-13(9)12-4-2-3-11(10)12/h6,8-9,11-13H,2-5,7H2,1H3,(H,15,16). The third-order valence-electron chi connectivity index (χ3n) is 5.09. The summed E-state index contributed by atoms with van der Waals surface area (Å²) >= 11 is 0. The largest absolute Gasteiger partial charge is 0.481 e. The minimum Gasteiger partial charge on any atom is -0.481 e. The zero-order chi connectivity index (χ0) is 11.3. The number of rotatable bonds is 3. The third-order valence-corrected chi connectivity index (χ3v) is 5.09. The Bertz CT molecular complexity index is 345. The Balaban J connectivity index is 1.72. The molecule has 0 radical (unpaired) electrons. The van der Waals surface area contributed by atoms with E-state index < -0.39 is 5.97 Å². The zero-order valence-corrected chi connectivity index (χ0v) is 9.86. The van der Waals surface area contributed by atoms with E-state index in [0.717, 1.165) is 24.2 Å². The highest BCUT2D eigenvalue weighted by Crippen LogP contribution is 2.58. The van der Waals surface area contributed by atoms with Crippen LogP contribution >= 0.6 is 0 Å². The van der Waals surface area contributed by atoms with Gasteiger partial charge in [-0.15, -0.1) is 0 Å². The Hall–Kier alpha value is -0.790. The van der Waals surface area contributed by atoms with Gasteiger partial charge < -0.3 is 5.11 Å². The van der Waals surface area contributed by atoms with Crippen LogP contribution in [0.15, 0.2) is 11.6 Å². The van der Waals surface area contributed by atoms with Gasteiger partial charge >= 0.3 is 5.97 Å². The third kappa shape index (κ3) is 1.42. The van der Waals surface area contributed by atoms with E-state index in [0.29, 0.717) is 5.92 Å². The molecule has 2 nitrogen and oxygen atoms in total. The molecule has 0 saturated heterocycles. The van der Waals surface area contributed by atoms with Crippen molar-refractivity contribution >= 4 is 5.97 Å². The lowest BCUT2D eigenvalue weighted by Gasteiger charge is -2.28. The van der Waals surface area contributed by atoms with Gasteiger partial charge in [0.05, 0.1) is 5.92 Å². The van der Waals surface area contributed by atoms with Crippen LogP contribution in [0.2, 0.25) is 0 Å². The smallest absolute Gasteiger partial charge is 0.306 e. The molecule has 2 heteroatoms. The molecule has 0 spiro atoms. The maximum Gasteiger partial charge on any atom is 0.306 e. The van der Waals surface area contributed by atoms with Gasteiger partial charge in [0.2, 0.25) is 0 Å². The minimum atomic E-state index is -0.635. The van der Waals surface area contributed by atoms with Gasteiger partial charge in [-0.05, 0) is 49.4 Å². The van der Waals surface area contributed by atoms with Gasteiger partial charge in [-0.3, -0.25) is 4.79 Å². The number of carbonyl (C=O) groups is 1. The number of carboxylic acid groups (broad SMARTS) is 1. The Morgan fingerprint density at radius 1 is 1.50 bits per heavy atom. The highest BCUT2D eigenvalue weighted by Gasteiger charge is 2.49. The number of fused-ring (bicyclic) bond motifs is 5. The number of carboxylic acids is 1. The summed E-state index contributed by atoms with van der Waals surface area (Å²) in [4.78, 5) is 10.9. The molecule has 3 aliphatic rings. The van der Waals surface area contributed by atoms with Crippen molar-refractivity contribution < 1.29 is 9.90 Å². The Labute approximate surface area is 96.7 Å². The highest BCUT2D eigenvalue weighted by molar-refractivity contribution is 5.69. The van der Waals surface area contributed by atoms with Gasteiger partial charge in [0.15, 0.2) is 0 Å². The first kappa shape index (κ1) is 10.4. The van der Waals surface area contributed by atoms with Crippen molar-refractivity contribution in [1.82, 2.24) is 0 Å². The van der Waals surface area contributed by atoms with Crippen molar-refractivity contribution in [2.45, 2.75) is 39.0 Å². The van der Waals surface area contributed by atoms with Gasteiger partial charge in [-0.25, -0.2) is 0 Å². The van der Waals surface area contributed by atoms with E-state index in [-0.39, 0.29) is 5.92 Å². The fourth-order valence-electron chi connectivity index (χ4n) is 4.35. The molecule has 0 amide bonds. The first-order valence-corrected chi connectivity index (χ1v) is 6.60. The van der Waals surface area contributed by atoms with Crippen LogP contribution in [0.25, 0.3) is 0 Å². The van der Waals surface area contributed by atoms with Crippen LogP contribution in [0.3, 0.4) is 0 Å². The predicted octanol–water partition coefficient (Wildman–Crippen LogP) is 3.09. The molecule has 2 fully saturated rings. The van der Waals surface area contributed by atoms with Crippen LogP contribution in [0.1, 0.15) is 39.0 Å².